The van der Waals surface area contributed by atoms with Crippen LogP contribution < -0.4 is 0 Å². The lowest BCUT2D eigenvalue weighted by Crippen LogP contribution is -2.61. The molecule has 0 saturated carbocycles. The largest absolute Gasteiger partial charge is 0.462 e. The number of carbonyl (C=O) groups excluding carboxylic acids is 2. The second kappa shape index (κ2) is 41.9. The normalized spacial score (nSPS) is 25.5. The maximum Gasteiger partial charge on any atom is 0.306 e. The van der Waals surface area contributed by atoms with Crippen LogP contribution in [-0.2, 0) is 38.0 Å². The Morgan fingerprint density at radius 2 is 0.739 bits per heavy atom. The number of ether oxygens (including phenoxy) is 6. The van der Waals surface area contributed by atoms with Crippen molar-refractivity contribution < 1.29 is 73.8 Å². The van der Waals surface area contributed by atoms with E-state index in [0.29, 0.717) is 12.8 Å². The lowest BCUT2D eigenvalue weighted by molar-refractivity contribution is -0.332. The fourth-order valence-corrected chi connectivity index (χ4v) is 9.22. The predicted molar refractivity (Wildman–Crippen MR) is 266 cm³/mol. The number of rotatable bonds is 45. The Hall–Kier alpha value is -1.50. The van der Waals surface area contributed by atoms with Crippen LogP contribution in [-0.4, -0.2) is 142 Å². The van der Waals surface area contributed by atoms with Crippen LogP contribution in [0.2, 0.25) is 0 Å². The molecule has 15 nitrogen and oxygen atoms in total. The monoisotopic (exact) mass is 991 g/mol. The molecule has 11 unspecified atom stereocenters. The molecule has 0 aliphatic carbocycles. The van der Waals surface area contributed by atoms with Gasteiger partial charge in [0, 0.05) is 12.8 Å². The molecular weight excluding hydrogens is 889 g/mol. The van der Waals surface area contributed by atoms with Crippen LogP contribution in [0.1, 0.15) is 239 Å². The average molecular weight is 991 g/mol. The highest BCUT2D eigenvalue weighted by Crippen LogP contribution is 2.27. The van der Waals surface area contributed by atoms with E-state index in [9.17, 15) is 45.3 Å². The topological polar surface area (TPSA) is 231 Å². The van der Waals surface area contributed by atoms with E-state index in [4.69, 9.17) is 28.4 Å². The summed E-state index contributed by atoms with van der Waals surface area (Å²) in [6, 6.07) is 0. The Bertz CT molecular complexity index is 1210. The number of aliphatic hydroxyl groups excluding tert-OH is 7. The predicted octanol–water partition coefficient (Wildman–Crippen LogP) is 8.78. The Morgan fingerprint density at radius 3 is 1.13 bits per heavy atom. The van der Waals surface area contributed by atoms with Crippen molar-refractivity contribution in [2.75, 3.05) is 26.4 Å². The summed E-state index contributed by atoms with van der Waals surface area (Å²) in [5.74, 6) is -0.907. The number of unbranched alkanes of at least 4 members (excludes halogenated alkanes) is 31. The van der Waals surface area contributed by atoms with Crippen molar-refractivity contribution in [3.8, 4) is 0 Å². The molecule has 2 saturated heterocycles. The average Bonchev–Trinajstić information content (AvgIpc) is 3.34. The fourth-order valence-electron chi connectivity index (χ4n) is 9.22. The first-order chi connectivity index (χ1) is 33.5. The summed E-state index contributed by atoms with van der Waals surface area (Å²) in [6.45, 7) is 2.63. The van der Waals surface area contributed by atoms with E-state index < -0.39 is 92.7 Å². The van der Waals surface area contributed by atoms with Crippen molar-refractivity contribution in [3.05, 3.63) is 0 Å². The molecular formula is C54H102O15. The van der Waals surface area contributed by atoms with E-state index >= 15 is 0 Å². The van der Waals surface area contributed by atoms with E-state index in [2.05, 4.69) is 13.8 Å². The highest BCUT2D eigenvalue weighted by molar-refractivity contribution is 5.70. The Morgan fingerprint density at radius 1 is 0.406 bits per heavy atom. The van der Waals surface area contributed by atoms with Crippen molar-refractivity contribution in [3.63, 3.8) is 0 Å². The first-order valence-electron chi connectivity index (χ1n) is 28.1. The van der Waals surface area contributed by atoms with Crippen LogP contribution in [0.15, 0.2) is 0 Å². The number of aliphatic hydroxyl groups is 7. The Labute approximate surface area is 417 Å². The molecule has 2 aliphatic rings. The lowest BCUT2D eigenvalue weighted by Gasteiger charge is -2.42. The summed E-state index contributed by atoms with van der Waals surface area (Å²) in [5, 5.41) is 72.2. The Balaban J connectivity index is 1.74. The van der Waals surface area contributed by atoms with Crippen molar-refractivity contribution >= 4 is 11.9 Å². The van der Waals surface area contributed by atoms with Crippen LogP contribution >= 0.6 is 0 Å². The summed E-state index contributed by atoms with van der Waals surface area (Å²) >= 11 is 0. The molecule has 69 heavy (non-hydrogen) atoms. The van der Waals surface area contributed by atoms with Crippen molar-refractivity contribution in [1.29, 1.82) is 0 Å². The highest BCUT2D eigenvalue weighted by Gasteiger charge is 2.47. The standard InChI is InChI=1S/C54H102O15/c1-3-5-7-9-11-13-15-17-18-19-20-21-22-23-24-25-27-29-31-33-35-37-46(57)67-42(39-64-45(56)36-34-32-30-28-26-16-14-12-10-8-6-4-2)40-65-53-52(63)50(61)48(59)44(69-53)41-66-54-51(62)49(60)47(58)43(38-55)68-54/h42-44,47-55,58-63H,3-41H2,1-2H3. The van der Waals surface area contributed by atoms with Gasteiger partial charge in [0.1, 0.15) is 55.4 Å². The maximum atomic E-state index is 13.0. The molecule has 408 valence electrons. The van der Waals surface area contributed by atoms with E-state index in [1.165, 1.54) is 161 Å². The second-order valence-electron chi connectivity index (χ2n) is 20.1. The van der Waals surface area contributed by atoms with Crippen LogP contribution in [0.4, 0.5) is 0 Å². The zero-order chi connectivity index (χ0) is 50.3. The molecule has 0 aromatic carbocycles. The van der Waals surface area contributed by atoms with Crippen molar-refractivity contribution in [2.24, 2.45) is 0 Å². The fraction of sp³-hybridized carbons (Fsp3) is 0.963. The summed E-state index contributed by atoms with van der Waals surface area (Å²) in [7, 11) is 0. The molecule has 0 aromatic heterocycles. The second-order valence-corrected chi connectivity index (χ2v) is 20.1. The third-order valence-electron chi connectivity index (χ3n) is 13.8. The molecule has 0 aromatic rings. The molecule has 2 fully saturated rings. The summed E-state index contributed by atoms with van der Waals surface area (Å²) in [5.41, 5.74) is 0. The molecule has 2 rings (SSSR count). The van der Waals surface area contributed by atoms with Crippen molar-refractivity contribution in [2.45, 2.75) is 306 Å². The van der Waals surface area contributed by atoms with Crippen LogP contribution in [0.3, 0.4) is 0 Å². The van der Waals surface area contributed by atoms with Gasteiger partial charge in [-0.1, -0.05) is 213 Å². The van der Waals surface area contributed by atoms with Crippen LogP contribution in [0, 0.1) is 0 Å². The van der Waals surface area contributed by atoms with Gasteiger partial charge in [-0.25, -0.2) is 0 Å². The van der Waals surface area contributed by atoms with Gasteiger partial charge in [0.05, 0.1) is 19.8 Å². The molecule has 7 N–H and O–H groups in total. The van der Waals surface area contributed by atoms with Gasteiger partial charge < -0.3 is 64.2 Å². The van der Waals surface area contributed by atoms with Gasteiger partial charge in [0.15, 0.2) is 18.7 Å². The van der Waals surface area contributed by atoms with E-state index in [0.717, 1.165) is 38.5 Å². The van der Waals surface area contributed by atoms with Crippen molar-refractivity contribution in [1.82, 2.24) is 0 Å². The lowest BCUT2D eigenvalue weighted by atomic mass is 9.98. The molecule has 2 heterocycles. The number of carbonyl (C=O) groups is 2. The van der Waals surface area contributed by atoms with Gasteiger partial charge in [0.25, 0.3) is 0 Å². The molecule has 0 bridgehead atoms. The number of hydrogen-bond acceptors (Lipinski definition) is 15. The number of hydrogen-bond donors (Lipinski definition) is 7. The molecule has 15 heteroatoms. The molecule has 0 amide bonds. The summed E-state index contributed by atoms with van der Waals surface area (Å²) in [4.78, 5) is 25.8. The van der Waals surface area contributed by atoms with Gasteiger partial charge in [-0.15, -0.1) is 0 Å². The SMILES string of the molecule is CCCCCCCCCCCCCCCCCCCCCCCC(=O)OC(COC(=O)CCCCCCCCCCCCCC)COC1OC(COC2OC(CO)C(O)C(O)C2O)C(O)C(O)C1O. The van der Waals surface area contributed by atoms with Crippen LogP contribution in [0.25, 0.3) is 0 Å². The zero-order valence-corrected chi connectivity index (χ0v) is 43.3. The molecule has 0 radical (unpaired) electrons. The summed E-state index contributed by atoms with van der Waals surface area (Å²) < 4.78 is 33.6. The van der Waals surface area contributed by atoms with Gasteiger partial charge in [-0.05, 0) is 12.8 Å². The quantitative estimate of drug-likeness (QED) is 0.0223. The highest BCUT2D eigenvalue weighted by atomic mass is 16.7. The first-order valence-corrected chi connectivity index (χ1v) is 28.1. The van der Waals surface area contributed by atoms with E-state index in [1.807, 2.05) is 0 Å². The number of esters is 2. The first kappa shape index (κ1) is 63.6. The van der Waals surface area contributed by atoms with Gasteiger partial charge in [-0.2, -0.15) is 0 Å². The molecule has 2 aliphatic heterocycles. The minimum atomic E-state index is -1.76. The molecule has 0 spiro atoms. The minimum Gasteiger partial charge on any atom is -0.462 e. The van der Waals surface area contributed by atoms with E-state index in [1.54, 1.807) is 0 Å². The zero-order valence-electron chi connectivity index (χ0n) is 43.3. The Kier molecular flexibility index (Phi) is 38.6. The minimum absolute atomic E-state index is 0.174. The van der Waals surface area contributed by atoms with Gasteiger partial charge in [-0.3, -0.25) is 9.59 Å². The third kappa shape index (κ3) is 29.7. The van der Waals surface area contributed by atoms with E-state index in [-0.39, 0.29) is 26.1 Å². The third-order valence-corrected chi connectivity index (χ3v) is 13.8. The maximum absolute atomic E-state index is 13.0. The van der Waals surface area contributed by atoms with Crippen LogP contribution in [0.5, 0.6) is 0 Å². The summed E-state index contributed by atoms with van der Waals surface area (Å²) in [6.07, 6.45) is 24.2. The van der Waals surface area contributed by atoms with Gasteiger partial charge in [0.2, 0.25) is 0 Å². The molecule has 11 atom stereocenters. The van der Waals surface area contributed by atoms with Gasteiger partial charge >= 0.3 is 11.9 Å². The smallest absolute Gasteiger partial charge is 0.306 e.